The van der Waals surface area contributed by atoms with Crippen molar-refractivity contribution < 1.29 is 28.5 Å². The van der Waals surface area contributed by atoms with Gasteiger partial charge in [0, 0.05) is 25.0 Å². The summed E-state index contributed by atoms with van der Waals surface area (Å²) >= 11 is 0. The van der Waals surface area contributed by atoms with Crippen LogP contribution >= 0.6 is 0 Å². The number of unbranched alkanes of at least 4 members (excludes halogenated alkanes) is 1. The van der Waals surface area contributed by atoms with E-state index in [0.717, 1.165) is 0 Å². The molecule has 0 radical (unpaired) electrons. The van der Waals surface area contributed by atoms with E-state index in [9.17, 15) is 14.7 Å². The van der Waals surface area contributed by atoms with Gasteiger partial charge in [0.25, 0.3) is 0 Å². The molecule has 1 aromatic heterocycles. The lowest BCUT2D eigenvalue weighted by Gasteiger charge is -2.12. The summed E-state index contributed by atoms with van der Waals surface area (Å²) in [5, 5.41) is 10.5. The third-order valence-corrected chi connectivity index (χ3v) is 4.90. The molecular formula is C23H24O7. The van der Waals surface area contributed by atoms with Crippen LogP contribution < -0.4 is 14.9 Å². The number of carbonyl (C=O) groups is 1. The summed E-state index contributed by atoms with van der Waals surface area (Å²) in [6, 6.07) is 10.0. The number of carbonyl (C=O) groups excluding carboxylic acids is 1. The zero-order chi connectivity index (χ0) is 21.7. The van der Waals surface area contributed by atoms with Crippen LogP contribution in [0, 0.1) is 0 Å². The number of rotatable bonds is 8. The van der Waals surface area contributed by atoms with Gasteiger partial charge in [0.1, 0.15) is 34.0 Å². The zero-order valence-electron chi connectivity index (χ0n) is 17.2. The number of phenols is 1. The first-order chi connectivity index (χ1) is 14.5. The van der Waals surface area contributed by atoms with Crippen molar-refractivity contribution in [2.24, 2.45) is 0 Å². The van der Waals surface area contributed by atoms with E-state index in [0.29, 0.717) is 54.1 Å². The Bertz CT molecular complexity index is 1100. The van der Waals surface area contributed by atoms with Crippen molar-refractivity contribution >= 4 is 16.9 Å². The molecule has 1 heterocycles. The number of hydrogen-bond acceptors (Lipinski definition) is 7. The van der Waals surface area contributed by atoms with E-state index in [1.54, 1.807) is 37.4 Å². The van der Waals surface area contributed by atoms with Crippen LogP contribution in [0.3, 0.4) is 0 Å². The van der Waals surface area contributed by atoms with Crippen LogP contribution in [0.1, 0.15) is 25.0 Å². The Morgan fingerprint density at radius 1 is 1.00 bits per heavy atom. The fourth-order valence-electron chi connectivity index (χ4n) is 3.32. The van der Waals surface area contributed by atoms with E-state index in [-0.39, 0.29) is 28.1 Å². The van der Waals surface area contributed by atoms with Crippen LogP contribution in [-0.2, 0) is 16.0 Å². The molecular weight excluding hydrogens is 388 g/mol. The van der Waals surface area contributed by atoms with Gasteiger partial charge in [-0.25, -0.2) is 0 Å². The number of phenolic OH excluding ortho intramolecular Hbond substituents is 1. The molecule has 0 atom stereocenters. The lowest BCUT2D eigenvalue weighted by Crippen LogP contribution is -2.10. The topological polar surface area (TPSA) is 95.2 Å². The van der Waals surface area contributed by atoms with Crippen molar-refractivity contribution in [3.8, 4) is 28.4 Å². The third kappa shape index (κ3) is 4.40. The highest BCUT2D eigenvalue weighted by atomic mass is 16.5. The van der Waals surface area contributed by atoms with Gasteiger partial charge in [-0.2, -0.15) is 0 Å². The zero-order valence-corrected chi connectivity index (χ0v) is 17.2. The van der Waals surface area contributed by atoms with Crippen molar-refractivity contribution in [3.63, 3.8) is 0 Å². The SMILES string of the molecule is COC(=O)CCCCc1oc2cc(OC)cc(O)c2c(=O)c1-c1ccc(OC)cc1. The average molecular weight is 412 g/mol. The Hall–Kier alpha value is -3.48. The van der Waals surface area contributed by atoms with Crippen LogP contribution in [0.15, 0.2) is 45.6 Å². The number of benzene rings is 2. The number of aryl methyl sites for hydroxylation is 1. The molecule has 7 heteroatoms. The van der Waals surface area contributed by atoms with Gasteiger partial charge in [-0.3, -0.25) is 9.59 Å². The molecule has 0 saturated carbocycles. The fourth-order valence-corrected chi connectivity index (χ4v) is 3.32. The number of ether oxygens (including phenoxy) is 3. The van der Waals surface area contributed by atoms with Gasteiger partial charge < -0.3 is 23.7 Å². The summed E-state index contributed by atoms with van der Waals surface area (Å²) in [6.07, 6.45) is 1.96. The minimum Gasteiger partial charge on any atom is -0.507 e. The molecule has 0 saturated heterocycles. The number of fused-ring (bicyclic) bond motifs is 1. The molecule has 0 spiro atoms. The van der Waals surface area contributed by atoms with E-state index in [2.05, 4.69) is 4.74 Å². The molecule has 0 aliphatic heterocycles. The summed E-state index contributed by atoms with van der Waals surface area (Å²) in [6.45, 7) is 0. The van der Waals surface area contributed by atoms with E-state index < -0.39 is 0 Å². The smallest absolute Gasteiger partial charge is 0.305 e. The maximum absolute atomic E-state index is 13.3. The Labute approximate surface area is 173 Å². The number of methoxy groups -OCH3 is 3. The number of aromatic hydroxyl groups is 1. The highest BCUT2D eigenvalue weighted by Gasteiger charge is 2.19. The molecule has 3 aromatic rings. The maximum Gasteiger partial charge on any atom is 0.305 e. The predicted octanol–water partition coefficient (Wildman–Crippen LogP) is 4.07. The number of esters is 1. The molecule has 7 nitrogen and oxygen atoms in total. The lowest BCUT2D eigenvalue weighted by molar-refractivity contribution is -0.140. The highest BCUT2D eigenvalue weighted by molar-refractivity contribution is 5.89. The van der Waals surface area contributed by atoms with Gasteiger partial charge in [0.2, 0.25) is 5.43 Å². The van der Waals surface area contributed by atoms with Crippen LogP contribution in [0.5, 0.6) is 17.2 Å². The monoisotopic (exact) mass is 412 g/mol. The van der Waals surface area contributed by atoms with Crippen molar-refractivity contribution in [2.75, 3.05) is 21.3 Å². The normalized spacial score (nSPS) is 10.8. The molecule has 0 fully saturated rings. The largest absolute Gasteiger partial charge is 0.507 e. The van der Waals surface area contributed by atoms with E-state index in [1.807, 2.05) is 0 Å². The van der Waals surface area contributed by atoms with E-state index in [1.165, 1.54) is 20.3 Å². The second kappa shape index (κ2) is 9.35. The molecule has 0 amide bonds. The van der Waals surface area contributed by atoms with Crippen LogP contribution in [0.4, 0.5) is 0 Å². The third-order valence-electron chi connectivity index (χ3n) is 4.90. The molecule has 158 valence electrons. The first kappa shape index (κ1) is 21.2. The minimum atomic E-state index is -0.329. The van der Waals surface area contributed by atoms with Crippen LogP contribution in [0.2, 0.25) is 0 Å². The molecule has 0 bridgehead atoms. The molecule has 0 aliphatic carbocycles. The maximum atomic E-state index is 13.3. The van der Waals surface area contributed by atoms with Gasteiger partial charge in [0.05, 0.1) is 26.9 Å². The van der Waals surface area contributed by atoms with Gasteiger partial charge >= 0.3 is 5.97 Å². The highest BCUT2D eigenvalue weighted by Crippen LogP contribution is 2.33. The lowest BCUT2D eigenvalue weighted by atomic mass is 9.98. The Balaban J connectivity index is 2.09. The molecule has 0 aliphatic rings. The standard InChI is InChI=1S/C23H24O7/c1-27-15-10-8-14(9-11-15)21-18(6-4-5-7-20(25)29-3)30-19-13-16(28-2)12-17(24)22(19)23(21)26/h8-13,24H,4-7H2,1-3H3. The van der Waals surface area contributed by atoms with Crippen LogP contribution in [-0.4, -0.2) is 32.4 Å². The average Bonchev–Trinajstić information content (AvgIpc) is 2.76. The molecule has 0 unspecified atom stereocenters. The summed E-state index contributed by atoms with van der Waals surface area (Å²) in [5.74, 6) is 1.05. The second-order valence-corrected chi connectivity index (χ2v) is 6.76. The van der Waals surface area contributed by atoms with Gasteiger partial charge in [-0.05, 0) is 30.5 Å². The van der Waals surface area contributed by atoms with Gasteiger partial charge in [0.15, 0.2) is 0 Å². The summed E-state index contributed by atoms with van der Waals surface area (Å²) in [7, 11) is 4.39. The van der Waals surface area contributed by atoms with Crippen LogP contribution in [0.25, 0.3) is 22.1 Å². The number of hydrogen-bond donors (Lipinski definition) is 1. The van der Waals surface area contributed by atoms with Crippen molar-refractivity contribution in [2.45, 2.75) is 25.7 Å². The minimum absolute atomic E-state index is 0.0972. The Morgan fingerprint density at radius 3 is 2.33 bits per heavy atom. The van der Waals surface area contributed by atoms with Gasteiger partial charge in [-0.1, -0.05) is 12.1 Å². The summed E-state index contributed by atoms with van der Waals surface area (Å²) in [5.41, 5.74) is 0.954. The quantitative estimate of drug-likeness (QED) is 0.440. The Morgan fingerprint density at radius 2 is 1.70 bits per heavy atom. The fraction of sp³-hybridized carbons (Fsp3) is 0.304. The Kier molecular flexibility index (Phi) is 6.61. The predicted molar refractivity (Wildman–Crippen MR) is 112 cm³/mol. The van der Waals surface area contributed by atoms with E-state index in [4.69, 9.17) is 13.9 Å². The first-order valence-corrected chi connectivity index (χ1v) is 9.56. The molecule has 30 heavy (non-hydrogen) atoms. The van der Waals surface area contributed by atoms with Crippen molar-refractivity contribution in [1.29, 1.82) is 0 Å². The molecule has 1 N–H and O–H groups in total. The molecule has 2 aromatic carbocycles. The first-order valence-electron chi connectivity index (χ1n) is 9.56. The second-order valence-electron chi connectivity index (χ2n) is 6.76. The molecule has 3 rings (SSSR count). The van der Waals surface area contributed by atoms with Crippen molar-refractivity contribution in [1.82, 2.24) is 0 Å². The van der Waals surface area contributed by atoms with Gasteiger partial charge in [-0.15, -0.1) is 0 Å². The van der Waals surface area contributed by atoms with E-state index >= 15 is 0 Å². The summed E-state index contributed by atoms with van der Waals surface area (Å²) in [4.78, 5) is 24.7. The van der Waals surface area contributed by atoms with Crippen molar-refractivity contribution in [3.05, 3.63) is 52.4 Å². The summed E-state index contributed by atoms with van der Waals surface area (Å²) < 4.78 is 21.1.